The number of carboxylic acids is 1. The number of aryl methyl sites for hydroxylation is 1. The van der Waals surface area contributed by atoms with Gasteiger partial charge in [-0.2, -0.15) is 0 Å². The Kier molecular flexibility index (Phi) is 4.07. The number of nitrogens with zero attached hydrogens (tertiary/aromatic N) is 2. The zero-order valence-electron chi connectivity index (χ0n) is 10.6. The summed E-state index contributed by atoms with van der Waals surface area (Å²) in [5.74, 6) is -0.401. The molecule has 2 aromatic rings. The Morgan fingerprint density at radius 1 is 1.26 bits per heavy atom. The lowest BCUT2D eigenvalue weighted by molar-refractivity contribution is -0.136. The Balaban J connectivity index is 2.10. The Labute approximate surface area is 111 Å². The second-order valence-corrected chi connectivity index (χ2v) is 4.20. The molecule has 0 atom stereocenters. The normalized spacial score (nSPS) is 10.2. The SMILES string of the molecule is Cc1ccc(-c2ccnc(NCCC(=O)O)n2)cc1. The summed E-state index contributed by atoms with van der Waals surface area (Å²) in [5.41, 5.74) is 3.01. The minimum Gasteiger partial charge on any atom is -0.481 e. The lowest BCUT2D eigenvalue weighted by atomic mass is 10.1. The first-order valence-electron chi connectivity index (χ1n) is 6.01. The molecule has 0 amide bonds. The molecule has 0 spiro atoms. The summed E-state index contributed by atoms with van der Waals surface area (Å²) in [6.07, 6.45) is 1.70. The van der Waals surface area contributed by atoms with Crippen LogP contribution in [-0.2, 0) is 4.79 Å². The number of carbonyl (C=O) groups is 1. The summed E-state index contributed by atoms with van der Waals surface area (Å²) in [4.78, 5) is 18.8. The van der Waals surface area contributed by atoms with E-state index in [9.17, 15) is 4.79 Å². The molecule has 0 aliphatic carbocycles. The number of aliphatic carboxylic acids is 1. The first-order chi connectivity index (χ1) is 9.15. The zero-order valence-corrected chi connectivity index (χ0v) is 10.6. The molecule has 0 bridgehead atoms. The summed E-state index contributed by atoms with van der Waals surface area (Å²) >= 11 is 0. The van der Waals surface area contributed by atoms with Crippen LogP contribution in [0, 0.1) is 6.92 Å². The first kappa shape index (κ1) is 13.0. The molecular weight excluding hydrogens is 242 g/mol. The number of nitrogens with one attached hydrogen (secondary N) is 1. The molecule has 2 N–H and O–H groups in total. The van der Waals surface area contributed by atoms with Crippen LogP contribution >= 0.6 is 0 Å². The molecule has 0 unspecified atom stereocenters. The second-order valence-electron chi connectivity index (χ2n) is 4.20. The van der Waals surface area contributed by atoms with E-state index in [2.05, 4.69) is 15.3 Å². The van der Waals surface area contributed by atoms with Gasteiger partial charge in [0.05, 0.1) is 12.1 Å². The molecule has 0 aliphatic heterocycles. The van der Waals surface area contributed by atoms with Gasteiger partial charge in [-0.3, -0.25) is 4.79 Å². The minimum absolute atomic E-state index is 0.0398. The van der Waals surface area contributed by atoms with E-state index in [1.54, 1.807) is 6.20 Å². The molecule has 0 saturated heterocycles. The molecule has 1 aromatic heterocycles. The standard InChI is InChI=1S/C14H15N3O2/c1-10-2-4-11(5-3-10)12-6-8-15-14(17-12)16-9-7-13(18)19/h2-6,8H,7,9H2,1H3,(H,18,19)(H,15,16,17). The number of anilines is 1. The third-order valence-electron chi connectivity index (χ3n) is 2.62. The molecule has 1 aromatic carbocycles. The summed E-state index contributed by atoms with van der Waals surface area (Å²) in [7, 11) is 0. The van der Waals surface area contributed by atoms with Crippen LogP contribution in [0.3, 0.4) is 0 Å². The molecule has 2 rings (SSSR count). The van der Waals surface area contributed by atoms with Gasteiger partial charge in [0.2, 0.25) is 5.95 Å². The van der Waals surface area contributed by atoms with Gasteiger partial charge in [0.25, 0.3) is 0 Å². The quantitative estimate of drug-likeness (QED) is 0.859. The lowest BCUT2D eigenvalue weighted by Crippen LogP contribution is -2.09. The fourth-order valence-electron chi connectivity index (χ4n) is 1.61. The van der Waals surface area contributed by atoms with E-state index in [0.29, 0.717) is 12.5 Å². The number of carboxylic acid groups (broad SMARTS) is 1. The summed E-state index contributed by atoms with van der Waals surface area (Å²) in [5, 5.41) is 11.5. The first-order valence-corrected chi connectivity index (χ1v) is 6.01. The maximum Gasteiger partial charge on any atom is 0.305 e. The highest BCUT2D eigenvalue weighted by Gasteiger charge is 2.02. The van der Waals surface area contributed by atoms with Gasteiger partial charge in [-0.15, -0.1) is 0 Å². The molecule has 0 aliphatic rings. The van der Waals surface area contributed by atoms with E-state index in [4.69, 9.17) is 5.11 Å². The molecule has 0 saturated carbocycles. The molecular formula is C14H15N3O2. The van der Waals surface area contributed by atoms with Crippen LogP contribution in [0.25, 0.3) is 11.3 Å². The van der Waals surface area contributed by atoms with E-state index in [-0.39, 0.29) is 6.42 Å². The Hall–Kier alpha value is -2.43. The van der Waals surface area contributed by atoms with Gasteiger partial charge in [-0.1, -0.05) is 29.8 Å². The van der Waals surface area contributed by atoms with Crippen molar-refractivity contribution in [2.45, 2.75) is 13.3 Å². The fraction of sp³-hybridized carbons (Fsp3) is 0.214. The molecule has 98 valence electrons. The number of hydrogen-bond acceptors (Lipinski definition) is 4. The number of benzene rings is 1. The minimum atomic E-state index is -0.845. The van der Waals surface area contributed by atoms with Gasteiger partial charge < -0.3 is 10.4 Å². The number of aromatic nitrogens is 2. The second kappa shape index (κ2) is 5.95. The van der Waals surface area contributed by atoms with Crippen molar-refractivity contribution in [2.24, 2.45) is 0 Å². The summed E-state index contributed by atoms with van der Waals surface area (Å²) in [6, 6.07) is 9.87. The van der Waals surface area contributed by atoms with Crippen molar-refractivity contribution in [1.82, 2.24) is 9.97 Å². The third-order valence-corrected chi connectivity index (χ3v) is 2.62. The predicted molar refractivity (Wildman–Crippen MR) is 72.9 cm³/mol. The molecule has 5 nitrogen and oxygen atoms in total. The molecule has 0 fully saturated rings. The highest BCUT2D eigenvalue weighted by molar-refractivity contribution is 5.67. The fourth-order valence-corrected chi connectivity index (χ4v) is 1.61. The maximum atomic E-state index is 10.4. The van der Waals surface area contributed by atoms with E-state index < -0.39 is 5.97 Å². The summed E-state index contributed by atoms with van der Waals surface area (Å²) < 4.78 is 0. The maximum absolute atomic E-state index is 10.4. The third kappa shape index (κ3) is 3.77. The smallest absolute Gasteiger partial charge is 0.305 e. The van der Waals surface area contributed by atoms with Crippen molar-refractivity contribution >= 4 is 11.9 Å². The predicted octanol–water partition coefficient (Wildman–Crippen LogP) is 2.34. The van der Waals surface area contributed by atoms with Gasteiger partial charge in [0.1, 0.15) is 0 Å². The molecule has 5 heteroatoms. The Morgan fingerprint density at radius 3 is 2.68 bits per heavy atom. The van der Waals surface area contributed by atoms with E-state index >= 15 is 0 Å². The van der Waals surface area contributed by atoms with Crippen LogP contribution in [0.15, 0.2) is 36.5 Å². The highest BCUT2D eigenvalue weighted by atomic mass is 16.4. The zero-order chi connectivity index (χ0) is 13.7. The van der Waals surface area contributed by atoms with Crippen molar-refractivity contribution in [3.63, 3.8) is 0 Å². The van der Waals surface area contributed by atoms with Crippen LogP contribution < -0.4 is 5.32 Å². The van der Waals surface area contributed by atoms with Crippen molar-refractivity contribution in [3.8, 4) is 11.3 Å². The van der Waals surface area contributed by atoms with Crippen LogP contribution in [0.4, 0.5) is 5.95 Å². The van der Waals surface area contributed by atoms with Gasteiger partial charge in [0.15, 0.2) is 0 Å². The van der Waals surface area contributed by atoms with Crippen molar-refractivity contribution in [2.75, 3.05) is 11.9 Å². The van der Waals surface area contributed by atoms with Crippen LogP contribution in [0.2, 0.25) is 0 Å². The largest absolute Gasteiger partial charge is 0.481 e. The highest BCUT2D eigenvalue weighted by Crippen LogP contribution is 2.17. The number of hydrogen-bond donors (Lipinski definition) is 2. The van der Waals surface area contributed by atoms with E-state index in [1.165, 1.54) is 5.56 Å². The molecule has 1 heterocycles. The van der Waals surface area contributed by atoms with Crippen molar-refractivity contribution in [3.05, 3.63) is 42.1 Å². The average Bonchev–Trinajstić information content (AvgIpc) is 2.39. The Bertz CT molecular complexity index is 567. The monoisotopic (exact) mass is 257 g/mol. The van der Waals surface area contributed by atoms with Crippen LogP contribution in [0.5, 0.6) is 0 Å². The van der Waals surface area contributed by atoms with Gasteiger partial charge in [-0.05, 0) is 13.0 Å². The van der Waals surface area contributed by atoms with Crippen molar-refractivity contribution < 1.29 is 9.90 Å². The van der Waals surface area contributed by atoms with Gasteiger partial charge >= 0.3 is 5.97 Å². The van der Waals surface area contributed by atoms with Crippen LogP contribution in [-0.4, -0.2) is 27.6 Å². The van der Waals surface area contributed by atoms with E-state index in [0.717, 1.165) is 11.3 Å². The topological polar surface area (TPSA) is 75.1 Å². The lowest BCUT2D eigenvalue weighted by Gasteiger charge is -2.05. The Morgan fingerprint density at radius 2 is 2.00 bits per heavy atom. The van der Waals surface area contributed by atoms with Gasteiger partial charge in [-0.25, -0.2) is 9.97 Å². The summed E-state index contributed by atoms with van der Waals surface area (Å²) in [6.45, 7) is 2.34. The van der Waals surface area contributed by atoms with Crippen molar-refractivity contribution in [1.29, 1.82) is 0 Å². The number of rotatable bonds is 5. The van der Waals surface area contributed by atoms with Crippen LogP contribution in [0.1, 0.15) is 12.0 Å². The molecule has 0 radical (unpaired) electrons. The molecule has 19 heavy (non-hydrogen) atoms. The van der Waals surface area contributed by atoms with E-state index in [1.807, 2.05) is 37.3 Å². The van der Waals surface area contributed by atoms with Gasteiger partial charge in [0, 0.05) is 18.3 Å². The average molecular weight is 257 g/mol.